The zero-order valence-corrected chi connectivity index (χ0v) is 9.92. The normalized spacial score (nSPS) is 31.1. The van der Waals surface area contributed by atoms with Crippen LogP contribution in [0.1, 0.15) is 25.7 Å². The van der Waals surface area contributed by atoms with Crippen molar-refractivity contribution in [2.24, 2.45) is 5.92 Å². The van der Waals surface area contributed by atoms with Crippen molar-refractivity contribution in [1.29, 1.82) is 0 Å². The number of carboxylic acid groups (broad SMARTS) is 1. The van der Waals surface area contributed by atoms with Crippen molar-refractivity contribution in [3.8, 4) is 0 Å². The highest BCUT2D eigenvalue weighted by atomic mass is 16.4. The molecule has 2 unspecified atom stereocenters. The Morgan fingerprint density at radius 3 is 2.73 bits per heavy atom. The van der Waals surface area contributed by atoms with Gasteiger partial charge in [-0.2, -0.15) is 0 Å². The van der Waals surface area contributed by atoms with Crippen molar-refractivity contribution in [3.05, 3.63) is 0 Å². The Bertz CT molecular complexity index is 231. The molecule has 2 N–H and O–H groups in total. The topological polar surface area (TPSA) is 52.6 Å². The number of nitrogens with zero attached hydrogens (tertiary/aromatic N) is 1. The maximum atomic E-state index is 11.3. The van der Waals surface area contributed by atoms with E-state index in [2.05, 4.69) is 10.2 Å². The highest BCUT2D eigenvalue weighted by molar-refractivity contribution is 5.79. The van der Waals surface area contributed by atoms with Crippen LogP contribution in [0.2, 0.25) is 0 Å². The van der Waals surface area contributed by atoms with Crippen LogP contribution in [0.25, 0.3) is 0 Å². The van der Waals surface area contributed by atoms with E-state index in [4.69, 9.17) is 0 Å². The van der Waals surface area contributed by atoms with Gasteiger partial charge in [0, 0.05) is 0 Å². The van der Waals surface area contributed by atoms with Crippen LogP contribution in [0.15, 0.2) is 0 Å². The third kappa shape index (κ3) is 2.49. The fourth-order valence-electron chi connectivity index (χ4n) is 2.60. The Morgan fingerprint density at radius 1 is 1.60 bits per heavy atom. The third-order valence-electron chi connectivity index (χ3n) is 3.57. The van der Waals surface area contributed by atoms with Gasteiger partial charge >= 0.3 is 5.97 Å². The molecule has 0 amide bonds. The Labute approximate surface area is 91.6 Å². The molecule has 1 aliphatic rings. The number of aliphatic carboxylic acids is 1. The van der Waals surface area contributed by atoms with Gasteiger partial charge in [0.05, 0.1) is 0 Å². The summed E-state index contributed by atoms with van der Waals surface area (Å²) in [5.41, 5.74) is -0.671. The number of likely N-dealkylation sites (N-methyl/N-ethyl adjacent to an activating group) is 1. The van der Waals surface area contributed by atoms with Gasteiger partial charge < -0.3 is 15.3 Å². The molecule has 0 spiro atoms. The first kappa shape index (κ1) is 12.5. The minimum Gasteiger partial charge on any atom is -0.480 e. The summed E-state index contributed by atoms with van der Waals surface area (Å²) < 4.78 is 0. The summed E-state index contributed by atoms with van der Waals surface area (Å²) in [6.07, 6.45) is 3.77. The van der Waals surface area contributed by atoms with Gasteiger partial charge in [0.15, 0.2) is 0 Å². The van der Waals surface area contributed by atoms with Gasteiger partial charge in [0.2, 0.25) is 0 Å². The van der Waals surface area contributed by atoms with Crippen molar-refractivity contribution in [2.75, 3.05) is 27.7 Å². The van der Waals surface area contributed by atoms with E-state index < -0.39 is 11.5 Å². The quantitative estimate of drug-likeness (QED) is 0.710. The highest BCUT2D eigenvalue weighted by Gasteiger charge is 2.47. The monoisotopic (exact) mass is 214 g/mol. The van der Waals surface area contributed by atoms with E-state index in [0.717, 1.165) is 32.2 Å². The molecule has 0 heterocycles. The van der Waals surface area contributed by atoms with Crippen molar-refractivity contribution < 1.29 is 9.90 Å². The molecule has 0 bridgehead atoms. The predicted octanol–water partition coefficient (Wildman–Crippen LogP) is 0.781. The molecule has 4 nitrogen and oxygen atoms in total. The molecular formula is C11H22N2O2. The molecule has 1 rings (SSSR count). The Hall–Kier alpha value is -0.610. The lowest BCUT2D eigenvalue weighted by Gasteiger charge is -2.31. The van der Waals surface area contributed by atoms with Gasteiger partial charge in [-0.25, -0.2) is 0 Å². The number of hydrogen-bond donors (Lipinski definition) is 2. The molecule has 1 aliphatic carbocycles. The van der Waals surface area contributed by atoms with Gasteiger partial charge in [-0.1, -0.05) is 6.42 Å². The van der Waals surface area contributed by atoms with E-state index in [1.807, 2.05) is 14.1 Å². The second kappa shape index (κ2) is 4.94. The molecule has 0 radical (unpaired) electrons. The second-order valence-corrected chi connectivity index (χ2v) is 4.71. The van der Waals surface area contributed by atoms with Gasteiger partial charge in [-0.15, -0.1) is 0 Å². The van der Waals surface area contributed by atoms with Crippen molar-refractivity contribution in [1.82, 2.24) is 10.2 Å². The average Bonchev–Trinajstić information content (AvgIpc) is 2.58. The smallest absolute Gasteiger partial charge is 0.324 e. The predicted molar refractivity (Wildman–Crippen MR) is 59.9 cm³/mol. The molecule has 0 aromatic carbocycles. The summed E-state index contributed by atoms with van der Waals surface area (Å²) in [4.78, 5) is 13.4. The summed E-state index contributed by atoms with van der Waals surface area (Å²) in [6, 6.07) is 0. The first-order valence-electron chi connectivity index (χ1n) is 5.60. The van der Waals surface area contributed by atoms with Crippen LogP contribution in [0.5, 0.6) is 0 Å². The van der Waals surface area contributed by atoms with E-state index in [1.54, 1.807) is 7.05 Å². The molecule has 1 fully saturated rings. The first-order chi connectivity index (χ1) is 7.03. The number of hydrogen-bond acceptors (Lipinski definition) is 3. The molecule has 0 aromatic rings. The minimum atomic E-state index is -0.689. The third-order valence-corrected chi connectivity index (χ3v) is 3.57. The lowest BCUT2D eigenvalue weighted by atomic mass is 9.84. The minimum absolute atomic E-state index is 0.266. The number of nitrogens with one attached hydrogen (secondary N) is 1. The fourth-order valence-corrected chi connectivity index (χ4v) is 2.60. The van der Waals surface area contributed by atoms with E-state index in [0.29, 0.717) is 0 Å². The zero-order valence-electron chi connectivity index (χ0n) is 9.92. The average molecular weight is 214 g/mol. The molecule has 0 saturated heterocycles. The summed E-state index contributed by atoms with van der Waals surface area (Å²) in [5, 5.41) is 12.4. The molecule has 1 saturated carbocycles. The summed E-state index contributed by atoms with van der Waals surface area (Å²) in [7, 11) is 5.82. The molecule has 15 heavy (non-hydrogen) atoms. The summed E-state index contributed by atoms with van der Waals surface area (Å²) >= 11 is 0. The number of carbonyl (C=O) groups is 1. The van der Waals surface area contributed by atoms with Gasteiger partial charge in [0.25, 0.3) is 0 Å². The molecule has 2 atom stereocenters. The zero-order chi connectivity index (χ0) is 11.5. The van der Waals surface area contributed by atoms with Crippen LogP contribution in [0, 0.1) is 5.92 Å². The Morgan fingerprint density at radius 2 is 2.27 bits per heavy atom. The molecule has 0 aliphatic heterocycles. The van der Waals surface area contributed by atoms with E-state index in [1.165, 1.54) is 0 Å². The Balaban J connectivity index is 2.65. The van der Waals surface area contributed by atoms with Crippen molar-refractivity contribution in [3.63, 3.8) is 0 Å². The SMILES string of the molecule is CNC1(C(=O)O)CCCC1CCN(C)C. The second-order valence-electron chi connectivity index (χ2n) is 4.71. The molecule has 88 valence electrons. The lowest BCUT2D eigenvalue weighted by molar-refractivity contribution is -0.146. The first-order valence-corrected chi connectivity index (χ1v) is 5.60. The van der Waals surface area contributed by atoms with Crippen LogP contribution in [-0.4, -0.2) is 49.2 Å². The van der Waals surface area contributed by atoms with Gasteiger partial charge in [-0.3, -0.25) is 4.79 Å². The lowest BCUT2D eigenvalue weighted by Crippen LogP contribution is -2.53. The largest absolute Gasteiger partial charge is 0.480 e. The van der Waals surface area contributed by atoms with Crippen molar-refractivity contribution in [2.45, 2.75) is 31.2 Å². The fraction of sp³-hybridized carbons (Fsp3) is 0.909. The maximum Gasteiger partial charge on any atom is 0.324 e. The van der Waals surface area contributed by atoms with Gasteiger partial charge in [-0.05, 0) is 52.9 Å². The molecule has 4 heteroatoms. The molecule has 0 aromatic heterocycles. The van der Waals surface area contributed by atoms with Crippen LogP contribution in [0.4, 0.5) is 0 Å². The maximum absolute atomic E-state index is 11.3. The summed E-state index contributed by atoms with van der Waals surface area (Å²) in [5.74, 6) is -0.423. The van der Waals surface area contributed by atoms with Crippen molar-refractivity contribution >= 4 is 5.97 Å². The van der Waals surface area contributed by atoms with Crippen LogP contribution < -0.4 is 5.32 Å². The van der Waals surface area contributed by atoms with E-state index in [9.17, 15) is 9.90 Å². The van der Waals surface area contributed by atoms with Crippen LogP contribution in [-0.2, 0) is 4.79 Å². The summed E-state index contributed by atoms with van der Waals surface area (Å²) in [6.45, 7) is 0.960. The van der Waals surface area contributed by atoms with Gasteiger partial charge in [0.1, 0.15) is 5.54 Å². The Kier molecular flexibility index (Phi) is 4.11. The number of rotatable bonds is 5. The highest BCUT2D eigenvalue weighted by Crippen LogP contribution is 2.37. The number of carboxylic acids is 1. The molecular weight excluding hydrogens is 192 g/mol. The van der Waals surface area contributed by atoms with Crippen LogP contribution in [0.3, 0.4) is 0 Å². The van der Waals surface area contributed by atoms with Crippen LogP contribution >= 0.6 is 0 Å². The van der Waals surface area contributed by atoms with E-state index in [-0.39, 0.29) is 5.92 Å². The standard InChI is InChI=1S/C11H22N2O2/c1-12-11(10(14)15)7-4-5-9(11)6-8-13(2)3/h9,12H,4-8H2,1-3H3,(H,14,15). The van der Waals surface area contributed by atoms with E-state index >= 15 is 0 Å².